The number of hydrogen-bond donors (Lipinski definition) is 3. The number of rotatable bonds is 5. The zero-order valence-electron chi connectivity index (χ0n) is 19.4. The highest BCUT2D eigenvalue weighted by molar-refractivity contribution is 8.00. The summed E-state index contributed by atoms with van der Waals surface area (Å²) in [4.78, 5) is 19.7. The van der Waals surface area contributed by atoms with Crippen molar-refractivity contribution in [2.24, 2.45) is 11.7 Å². The Labute approximate surface area is 212 Å². The summed E-state index contributed by atoms with van der Waals surface area (Å²) in [5.74, 6) is 2.07. The molecule has 5 heterocycles. The monoisotopic (exact) mass is 523 g/mol. The Balaban J connectivity index is 1.35. The SMILES string of the molecule is CNc1cc(F)cc2c1[nH]c1nc(Sc3nnc(-c4ncc(C)o4)s3)nc(N3C[C@H]4C[C@@H]3C[C@H]4N)c12. The van der Waals surface area contributed by atoms with Crippen LogP contribution in [0.2, 0.25) is 0 Å². The predicted octanol–water partition coefficient (Wildman–Crippen LogP) is 4.18. The maximum atomic E-state index is 14.6. The largest absolute Gasteiger partial charge is 0.440 e. The molecule has 0 unspecified atom stereocenters. The molecule has 10 nitrogen and oxygen atoms in total. The van der Waals surface area contributed by atoms with Crippen LogP contribution in [0.3, 0.4) is 0 Å². The number of aromatic nitrogens is 6. The topological polar surface area (TPSA) is 135 Å². The van der Waals surface area contributed by atoms with Gasteiger partial charge in [0.1, 0.15) is 23.0 Å². The number of aryl methyl sites for hydroxylation is 1. The number of H-pyrrole nitrogens is 1. The molecule has 7 rings (SSSR count). The summed E-state index contributed by atoms with van der Waals surface area (Å²) in [6.07, 6.45) is 3.62. The summed E-state index contributed by atoms with van der Waals surface area (Å²) >= 11 is 2.70. The van der Waals surface area contributed by atoms with E-state index in [2.05, 4.69) is 30.4 Å². The first-order valence-electron chi connectivity index (χ1n) is 11.6. The number of aromatic amines is 1. The first kappa shape index (κ1) is 21.9. The molecule has 0 spiro atoms. The predicted molar refractivity (Wildman–Crippen MR) is 137 cm³/mol. The second-order valence-corrected chi connectivity index (χ2v) is 11.4. The Kier molecular flexibility index (Phi) is 4.95. The highest BCUT2D eigenvalue weighted by atomic mass is 32.2. The van der Waals surface area contributed by atoms with Crippen molar-refractivity contribution in [3.8, 4) is 10.9 Å². The van der Waals surface area contributed by atoms with Gasteiger partial charge in [-0.25, -0.2) is 19.3 Å². The molecule has 1 saturated carbocycles. The van der Waals surface area contributed by atoms with E-state index < -0.39 is 0 Å². The molecular weight excluding hydrogens is 501 g/mol. The number of halogens is 1. The van der Waals surface area contributed by atoms with E-state index in [9.17, 15) is 4.39 Å². The molecule has 5 aromatic rings. The molecule has 2 aliphatic rings. The van der Waals surface area contributed by atoms with Crippen molar-refractivity contribution in [3.63, 3.8) is 0 Å². The number of piperidine rings is 1. The van der Waals surface area contributed by atoms with Crippen molar-refractivity contribution in [3.05, 3.63) is 29.9 Å². The van der Waals surface area contributed by atoms with Gasteiger partial charge in [0.05, 0.1) is 22.8 Å². The van der Waals surface area contributed by atoms with Gasteiger partial charge < -0.3 is 25.4 Å². The maximum Gasteiger partial charge on any atom is 0.258 e. The first-order valence-corrected chi connectivity index (χ1v) is 13.3. The molecule has 36 heavy (non-hydrogen) atoms. The Bertz CT molecular complexity index is 1630. The number of fused-ring (bicyclic) bond motifs is 5. The number of oxazole rings is 1. The van der Waals surface area contributed by atoms with Crippen molar-refractivity contribution < 1.29 is 8.81 Å². The van der Waals surface area contributed by atoms with E-state index in [0.717, 1.165) is 41.5 Å². The van der Waals surface area contributed by atoms with Gasteiger partial charge in [-0.2, -0.15) is 0 Å². The summed E-state index contributed by atoms with van der Waals surface area (Å²) in [7, 11) is 1.77. The minimum atomic E-state index is -0.315. The van der Waals surface area contributed by atoms with Crippen LogP contribution in [0.1, 0.15) is 18.6 Å². The molecule has 13 heteroatoms. The van der Waals surface area contributed by atoms with E-state index in [0.29, 0.717) is 49.4 Å². The molecular formula is C23H22FN9OS2. The van der Waals surface area contributed by atoms with Gasteiger partial charge in [-0.15, -0.1) is 10.2 Å². The fourth-order valence-electron chi connectivity index (χ4n) is 5.40. The first-order chi connectivity index (χ1) is 17.5. The zero-order valence-corrected chi connectivity index (χ0v) is 21.1. The van der Waals surface area contributed by atoms with Crippen molar-refractivity contribution in [2.75, 3.05) is 23.8 Å². The number of benzene rings is 1. The number of anilines is 2. The van der Waals surface area contributed by atoms with Crippen LogP contribution in [0.4, 0.5) is 15.9 Å². The van der Waals surface area contributed by atoms with E-state index in [1.165, 1.54) is 29.2 Å². The van der Waals surface area contributed by atoms with Gasteiger partial charge in [0.25, 0.3) is 5.89 Å². The molecule has 0 amide bonds. The molecule has 0 radical (unpaired) electrons. The third kappa shape index (κ3) is 3.44. The van der Waals surface area contributed by atoms with Crippen LogP contribution in [0.25, 0.3) is 32.8 Å². The highest BCUT2D eigenvalue weighted by Crippen LogP contribution is 2.44. The Hall–Kier alpha value is -3.29. The molecule has 1 aliphatic carbocycles. The van der Waals surface area contributed by atoms with Gasteiger partial charge in [0, 0.05) is 31.1 Å². The summed E-state index contributed by atoms with van der Waals surface area (Å²) in [5, 5.41) is 14.3. The van der Waals surface area contributed by atoms with Crippen molar-refractivity contribution in [1.82, 2.24) is 30.1 Å². The third-order valence-electron chi connectivity index (χ3n) is 7.01. The molecule has 4 N–H and O–H groups in total. The molecule has 1 saturated heterocycles. The molecule has 2 fully saturated rings. The second kappa shape index (κ2) is 8.11. The summed E-state index contributed by atoms with van der Waals surface area (Å²) in [6, 6.07) is 3.55. The fraction of sp³-hybridized carbons (Fsp3) is 0.348. The molecule has 1 aromatic carbocycles. The van der Waals surface area contributed by atoms with Gasteiger partial charge in [0.2, 0.25) is 5.01 Å². The minimum Gasteiger partial charge on any atom is -0.440 e. The van der Waals surface area contributed by atoms with Crippen molar-refractivity contribution in [1.29, 1.82) is 0 Å². The number of nitrogens with one attached hydrogen (secondary N) is 2. The number of nitrogens with two attached hydrogens (primary N) is 1. The Morgan fingerprint density at radius 2 is 2.17 bits per heavy atom. The van der Waals surface area contributed by atoms with Gasteiger partial charge in [-0.3, -0.25) is 0 Å². The van der Waals surface area contributed by atoms with Crippen molar-refractivity contribution >= 4 is 56.5 Å². The second-order valence-electron chi connectivity index (χ2n) is 9.26. The lowest BCUT2D eigenvalue weighted by Gasteiger charge is -2.31. The molecule has 1 aliphatic heterocycles. The van der Waals surface area contributed by atoms with E-state index in [1.807, 2.05) is 6.92 Å². The minimum absolute atomic E-state index is 0.215. The maximum absolute atomic E-state index is 14.6. The lowest BCUT2D eigenvalue weighted by molar-refractivity contribution is 0.471. The van der Waals surface area contributed by atoms with Gasteiger partial charge in [-0.05, 0) is 49.6 Å². The van der Waals surface area contributed by atoms with Gasteiger partial charge in [0.15, 0.2) is 9.50 Å². The van der Waals surface area contributed by atoms with Crippen LogP contribution in [0.5, 0.6) is 0 Å². The standard InChI is InChI=1S/C23H22FN9OS2/c1-9-7-27-20(34-9)21-31-32-23(35-21)36-22-29-18-16(13-4-11(24)5-15(26-2)17(13)28-18)19(30-22)33-8-10-3-12(33)6-14(10)25/h4-5,7,10,12,14,26H,3,6,8,25H2,1-2H3,(H,28,29,30)/t10-,12-,14-/m1/s1. The normalized spacial score (nSPS) is 21.3. The average molecular weight is 524 g/mol. The fourth-order valence-corrected chi connectivity index (χ4v) is 7.04. The van der Waals surface area contributed by atoms with Crippen LogP contribution < -0.4 is 16.0 Å². The number of nitrogens with zero attached hydrogens (tertiary/aromatic N) is 6. The zero-order chi connectivity index (χ0) is 24.6. The van der Waals surface area contributed by atoms with Crippen LogP contribution in [-0.4, -0.2) is 55.8 Å². The molecule has 3 atom stereocenters. The lowest BCUT2D eigenvalue weighted by Crippen LogP contribution is -2.41. The molecule has 2 bridgehead atoms. The summed E-state index contributed by atoms with van der Waals surface area (Å²) < 4.78 is 20.8. The van der Waals surface area contributed by atoms with Gasteiger partial charge >= 0.3 is 0 Å². The van der Waals surface area contributed by atoms with Crippen LogP contribution >= 0.6 is 23.1 Å². The quantitative estimate of drug-likeness (QED) is 0.288. The molecule has 4 aromatic heterocycles. The Morgan fingerprint density at radius 3 is 2.89 bits per heavy atom. The van der Waals surface area contributed by atoms with Crippen LogP contribution in [0, 0.1) is 18.7 Å². The van der Waals surface area contributed by atoms with E-state index >= 15 is 0 Å². The highest BCUT2D eigenvalue weighted by Gasteiger charge is 2.44. The third-order valence-corrected chi connectivity index (χ3v) is 8.84. The smallest absolute Gasteiger partial charge is 0.258 e. The van der Waals surface area contributed by atoms with E-state index in [-0.39, 0.29) is 11.9 Å². The van der Waals surface area contributed by atoms with Crippen LogP contribution in [0.15, 0.2) is 32.2 Å². The van der Waals surface area contributed by atoms with E-state index in [1.54, 1.807) is 19.3 Å². The van der Waals surface area contributed by atoms with Crippen LogP contribution in [-0.2, 0) is 0 Å². The Morgan fingerprint density at radius 1 is 1.28 bits per heavy atom. The molecule has 184 valence electrons. The van der Waals surface area contributed by atoms with Gasteiger partial charge in [-0.1, -0.05) is 11.3 Å². The average Bonchev–Trinajstić information content (AvgIpc) is 3.66. The van der Waals surface area contributed by atoms with E-state index in [4.69, 9.17) is 20.1 Å². The van der Waals surface area contributed by atoms with Crippen molar-refractivity contribution in [2.45, 2.75) is 41.3 Å². The number of hydrogen-bond acceptors (Lipinski definition) is 11. The summed E-state index contributed by atoms with van der Waals surface area (Å²) in [6.45, 7) is 2.66. The summed E-state index contributed by atoms with van der Waals surface area (Å²) in [5.41, 5.74) is 8.45. The lowest BCUT2D eigenvalue weighted by atomic mass is 10.0.